The molecule has 6 heteroatoms. The molecule has 0 aliphatic carbocycles. The number of benzene rings is 2. The summed E-state index contributed by atoms with van der Waals surface area (Å²) < 4.78 is 1.60. The molecule has 3 N–H and O–H groups in total. The van der Waals surface area contributed by atoms with Crippen molar-refractivity contribution in [2.24, 2.45) is 0 Å². The lowest BCUT2D eigenvalue weighted by molar-refractivity contribution is 0.102. The molecule has 0 aliphatic rings. The Labute approximate surface area is 132 Å². The number of nitrogens with two attached hydrogens (primary N) is 1. The summed E-state index contributed by atoms with van der Waals surface area (Å²) in [5.74, 6) is -0.275. The zero-order valence-corrected chi connectivity index (χ0v) is 13.5. The van der Waals surface area contributed by atoms with E-state index in [4.69, 9.17) is 17.3 Å². The van der Waals surface area contributed by atoms with Crippen LogP contribution >= 0.6 is 43.5 Å². The van der Waals surface area contributed by atoms with E-state index in [1.807, 2.05) is 0 Å². The lowest BCUT2D eigenvalue weighted by Crippen LogP contribution is -2.13. The van der Waals surface area contributed by atoms with Gasteiger partial charge in [-0.2, -0.15) is 0 Å². The predicted octanol–water partition coefficient (Wildman–Crippen LogP) is 4.70. The predicted molar refractivity (Wildman–Crippen MR) is 85.7 cm³/mol. The Morgan fingerprint density at radius 1 is 1.16 bits per heavy atom. The van der Waals surface area contributed by atoms with Crippen molar-refractivity contribution in [2.75, 3.05) is 11.1 Å². The largest absolute Gasteiger partial charge is 0.398 e. The van der Waals surface area contributed by atoms with Gasteiger partial charge in [0, 0.05) is 20.3 Å². The van der Waals surface area contributed by atoms with E-state index < -0.39 is 0 Å². The van der Waals surface area contributed by atoms with Crippen LogP contribution in [0, 0.1) is 0 Å². The number of nitrogen functional groups attached to an aromatic ring is 1. The monoisotopic (exact) mass is 402 g/mol. The summed E-state index contributed by atoms with van der Waals surface area (Å²) >= 11 is 12.6. The molecule has 0 saturated carbocycles. The van der Waals surface area contributed by atoms with Crippen molar-refractivity contribution < 1.29 is 4.79 Å². The highest BCUT2D eigenvalue weighted by Gasteiger charge is 2.10. The van der Waals surface area contributed by atoms with Crippen LogP contribution in [0.5, 0.6) is 0 Å². The third-order valence-electron chi connectivity index (χ3n) is 2.44. The summed E-state index contributed by atoms with van der Waals surface area (Å²) in [5.41, 5.74) is 7.25. The Morgan fingerprint density at radius 2 is 1.89 bits per heavy atom. The number of carbonyl (C=O) groups is 1. The zero-order chi connectivity index (χ0) is 14.0. The maximum Gasteiger partial charge on any atom is 0.257 e. The van der Waals surface area contributed by atoms with Gasteiger partial charge in [0.1, 0.15) is 0 Å². The van der Waals surface area contributed by atoms with Crippen LogP contribution in [0.2, 0.25) is 5.02 Å². The number of anilines is 2. The van der Waals surface area contributed by atoms with Crippen LogP contribution < -0.4 is 11.1 Å². The number of carbonyl (C=O) groups excluding carboxylic acids is 1. The summed E-state index contributed by atoms with van der Waals surface area (Å²) in [6.45, 7) is 0. The fourth-order valence-electron chi connectivity index (χ4n) is 1.51. The van der Waals surface area contributed by atoms with Crippen molar-refractivity contribution in [1.29, 1.82) is 0 Å². The van der Waals surface area contributed by atoms with Gasteiger partial charge in [0.15, 0.2) is 0 Å². The first-order chi connectivity index (χ1) is 8.97. The second-order valence-electron chi connectivity index (χ2n) is 3.81. The molecule has 0 aliphatic heterocycles. The summed E-state index contributed by atoms with van der Waals surface area (Å²) in [4.78, 5) is 12.1. The Kier molecular flexibility index (Phi) is 4.50. The molecule has 98 valence electrons. The van der Waals surface area contributed by atoms with E-state index in [2.05, 4.69) is 37.2 Å². The van der Waals surface area contributed by atoms with Gasteiger partial charge in [-0.25, -0.2) is 0 Å². The molecule has 0 spiro atoms. The van der Waals surface area contributed by atoms with Crippen molar-refractivity contribution in [3.8, 4) is 0 Å². The first-order valence-corrected chi connectivity index (χ1v) is 7.25. The number of nitrogens with one attached hydrogen (secondary N) is 1. The van der Waals surface area contributed by atoms with Gasteiger partial charge < -0.3 is 11.1 Å². The minimum Gasteiger partial charge on any atom is -0.398 e. The molecule has 0 atom stereocenters. The second kappa shape index (κ2) is 5.94. The van der Waals surface area contributed by atoms with Gasteiger partial charge in [0.2, 0.25) is 0 Å². The molecule has 0 saturated heterocycles. The van der Waals surface area contributed by atoms with Gasteiger partial charge in [-0.05, 0) is 52.3 Å². The minimum absolute atomic E-state index is 0.275. The van der Waals surface area contributed by atoms with Crippen molar-refractivity contribution >= 4 is 60.7 Å². The SMILES string of the molecule is Nc1cc(Br)ccc1C(=O)Nc1ccc(Br)c(Cl)c1. The molecule has 2 aromatic carbocycles. The average Bonchev–Trinajstić information content (AvgIpc) is 2.33. The maximum atomic E-state index is 12.1. The Balaban J connectivity index is 2.23. The lowest BCUT2D eigenvalue weighted by atomic mass is 10.1. The third-order valence-corrected chi connectivity index (χ3v) is 4.16. The Hall–Kier alpha value is -1.04. The van der Waals surface area contributed by atoms with Crippen LogP contribution in [0.15, 0.2) is 45.3 Å². The topological polar surface area (TPSA) is 55.1 Å². The molecule has 19 heavy (non-hydrogen) atoms. The highest BCUT2D eigenvalue weighted by Crippen LogP contribution is 2.26. The standard InChI is InChI=1S/C13H9Br2ClN2O/c14-7-1-3-9(12(17)5-7)13(19)18-8-2-4-10(15)11(16)6-8/h1-6H,17H2,(H,18,19). The van der Waals surface area contributed by atoms with E-state index in [0.29, 0.717) is 22.0 Å². The van der Waals surface area contributed by atoms with E-state index >= 15 is 0 Å². The highest BCUT2D eigenvalue weighted by atomic mass is 79.9. The van der Waals surface area contributed by atoms with Crippen molar-refractivity contribution in [1.82, 2.24) is 0 Å². The number of rotatable bonds is 2. The van der Waals surface area contributed by atoms with E-state index in [-0.39, 0.29) is 5.91 Å². The molecule has 0 bridgehead atoms. The van der Waals surface area contributed by atoms with Crippen molar-refractivity contribution in [3.63, 3.8) is 0 Å². The fourth-order valence-corrected chi connectivity index (χ4v) is 2.32. The van der Waals surface area contributed by atoms with Gasteiger partial charge in [0.25, 0.3) is 5.91 Å². The van der Waals surface area contributed by atoms with Gasteiger partial charge in [-0.3, -0.25) is 4.79 Å². The van der Waals surface area contributed by atoms with Gasteiger partial charge in [0.05, 0.1) is 10.6 Å². The van der Waals surface area contributed by atoms with Crippen LogP contribution in [-0.4, -0.2) is 5.91 Å². The summed E-state index contributed by atoms with van der Waals surface area (Å²) in [5, 5.41) is 3.28. The molecule has 0 fully saturated rings. The van der Waals surface area contributed by atoms with E-state index in [0.717, 1.165) is 8.95 Å². The summed E-state index contributed by atoms with van der Waals surface area (Å²) in [7, 11) is 0. The normalized spacial score (nSPS) is 10.3. The lowest BCUT2D eigenvalue weighted by Gasteiger charge is -2.08. The number of amides is 1. The van der Waals surface area contributed by atoms with Gasteiger partial charge in [-0.15, -0.1) is 0 Å². The maximum absolute atomic E-state index is 12.1. The Bertz CT molecular complexity index is 647. The number of hydrogen-bond donors (Lipinski definition) is 2. The molecule has 0 unspecified atom stereocenters. The number of halogens is 3. The van der Waals surface area contributed by atoms with E-state index in [9.17, 15) is 4.79 Å². The molecule has 0 radical (unpaired) electrons. The van der Waals surface area contributed by atoms with Crippen LogP contribution in [0.3, 0.4) is 0 Å². The Morgan fingerprint density at radius 3 is 2.53 bits per heavy atom. The van der Waals surface area contributed by atoms with Crippen molar-refractivity contribution in [2.45, 2.75) is 0 Å². The second-order valence-corrected chi connectivity index (χ2v) is 5.99. The third kappa shape index (κ3) is 3.49. The molecule has 3 nitrogen and oxygen atoms in total. The summed E-state index contributed by atoms with van der Waals surface area (Å²) in [6, 6.07) is 10.3. The average molecular weight is 404 g/mol. The van der Waals surface area contributed by atoms with Crippen LogP contribution in [-0.2, 0) is 0 Å². The van der Waals surface area contributed by atoms with E-state index in [1.54, 1.807) is 36.4 Å². The van der Waals surface area contributed by atoms with Crippen molar-refractivity contribution in [3.05, 3.63) is 55.9 Å². The highest BCUT2D eigenvalue weighted by molar-refractivity contribution is 9.10. The van der Waals surface area contributed by atoms with E-state index in [1.165, 1.54) is 0 Å². The molecular formula is C13H9Br2ClN2O. The molecule has 2 aromatic rings. The van der Waals surface area contributed by atoms with Gasteiger partial charge in [-0.1, -0.05) is 27.5 Å². The minimum atomic E-state index is -0.275. The van der Waals surface area contributed by atoms with Gasteiger partial charge >= 0.3 is 0 Å². The molecular weight excluding hydrogens is 395 g/mol. The van der Waals surface area contributed by atoms with Crippen LogP contribution in [0.4, 0.5) is 11.4 Å². The summed E-state index contributed by atoms with van der Waals surface area (Å²) in [6.07, 6.45) is 0. The smallest absolute Gasteiger partial charge is 0.257 e. The first-order valence-electron chi connectivity index (χ1n) is 5.29. The molecule has 1 amide bonds. The fraction of sp³-hybridized carbons (Fsp3) is 0. The quantitative estimate of drug-likeness (QED) is 0.713. The molecule has 0 aromatic heterocycles. The van der Waals surface area contributed by atoms with Crippen LogP contribution in [0.1, 0.15) is 10.4 Å². The number of hydrogen-bond acceptors (Lipinski definition) is 2. The van der Waals surface area contributed by atoms with Crippen LogP contribution in [0.25, 0.3) is 0 Å². The molecule has 0 heterocycles. The zero-order valence-electron chi connectivity index (χ0n) is 9.58. The first kappa shape index (κ1) is 14.4. The molecule has 2 rings (SSSR count).